The molecule has 5 rings (SSSR count). The number of aromatic nitrogens is 4. The van der Waals surface area contributed by atoms with Crippen molar-refractivity contribution in [3.8, 4) is 11.3 Å². The summed E-state index contributed by atoms with van der Waals surface area (Å²) in [7, 11) is 0. The minimum atomic E-state index is -0.266. The quantitative estimate of drug-likeness (QED) is 0.548. The third-order valence-electron chi connectivity index (χ3n) is 5.00. The van der Waals surface area contributed by atoms with Crippen molar-refractivity contribution in [2.24, 2.45) is 0 Å². The van der Waals surface area contributed by atoms with Crippen LogP contribution in [0.4, 0.5) is 10.2 Å². The van der Waals surface area contributed by atoms with Gasteiger partial charge in [-0.3, -0.25) is 0 Å². The molecule has 0 saturated carbocycles. The van der Waals surface area contributed by atoms with Crippen LogP contribution in [0, 0.1) is 5.82 Å². The molecule has 0 atom stereocenters. The van der Waals surface area contributed by atoms with Crippen LogP contribution in [0.1, 0.15) is 19.3 Å². The fraction of sp³-hybridized carbons (Fsp3) is 0.250. The van der Waals surface area contributed by atoms with E-state index in [1.807, 2.05) is 18.2 Å². The molecule has 130 valence electrons. The predicted octanol–water partition coefficient (Wildman–Crippen LogP) is 4.07. The molecule has 1 saturated heterocycles. The van der Waals surface area contributed by atoms with E-state index in [0.29, 0.717) is 11.3 Å². The highest BCUT2D eigenvalue weighted by atomic mass is 19.1. The molecule has 0 unspecified atom stereocenters. The topological polar surface area (TPSA) is 46.3 Å². The molecule has 6 heteroatoms. The van der Waals surface area contributed by atoms with Crippen molar-refractivity contribution >= 4 is 22.4 Å². The maximum absolute atomic E-state index is 13.3. The van der Waals surface area contributed by atoms with Crippen molar-refractivity contribution < 1.29 is 4.39 Å². The van der Waals surface area contributed by atoms with Gasteiger partial charge >= 0.3 is 0 Å². The lowest BCUT2D eigenvalue weighted by Crippen LogP contribution is -2.30. The van der Waals surface area contributed by atoms with Gasteiger partial charge in [0.05, 0.1) is 5.52 Å². The summed E-state index contributed by atoms with van der Waals surface area (Å²) in [4.78, 5) is 7.31. The second-order valence-corrected chi connectivity index (χ2v) is 6.68. The summed E-state index contributed by atoms with van der Waals surface area (Å²) in [6.07, 6.45) is 3.64. The minimum absolute atomic E-state index is 0.266. The van der Waals surface area contributed by atoms with Gasteiger partial charge in [0.15, 0.2) is 5.65 Å². The van der Waals surface area contributed by atoms with E-state index >= 15 is 0 Å². The SMILES string of the molecule is Fc1ccc(-c2nnn3c2nc(N2CCCCC2)c2ccccc23)cc1. The minimum Gasteiger partial charge on any atom is -0.356 e. The van der Waals surface area contributed by atoms with Crippen molar-refractivity contribution in [2.75, 3.05) is 18.0 Å². The summed E-state index contributed by atoms with van der Waals surface area (Å²) in [5, 5.41) is 9.75. The van der Waals surface area contributed by atoms with Crippen molar-refractivity contribution in [1.29, 1.82) is 0 Å². The maximum Gasteiger partial charge on any atom is 0.186 e. The van der Waals surface area contributed by atoms with E-state index in [4.69, 9.17) is 4.98 Å². The standard InChI is InChI=1S/C20H18FN5/c21-15-10-8-14(9-11-15)18-20-22-19(25-12-4-1-5-13-25)16-6-2-3-7-17(16)26(20)24-23-18/h2-3,6-11H,1,4-5,12-13H2. The number of anilines is 1. The molecule has 2 aromatic heterocycles. The summed E-state index contributed by atoms with van der Waals surface area (Å²) < 4.78 is 15.1. The van der Waals surface area contributed by atoms with Crippen molar-refractivity contribution in [1.82, 2.24) is 19.8 Å². The Balaban J connectivity index is 1.77. The van der Waals surface area contributed by atoms with E-state index in [1.165, 1.54) is 31.4 Å². The third-order valence-corrected chi connectivity index (χ3v) is 5.00. The number of fused-ring (bicyclic) bond motifs is 3. The molecule has 1 aliphatic rings. The normalized spacial score (nSPS) is 15.0. The highest BCUT2D eigenvalue weighted by Crippen LogP contribution is 2.31. The van der Waals surface area contributed by atoms with Crippen LogP contribution in [0.3, 0.4) is 0 Å². The van der Waals surface area contributed by atoms with E-state index in [2.05, 4.69) is 21.3 Å². The number of para-hydroxylation sites is 1. The number of rotatable bonds is 2. The first-order chi connectivity index (χ1) is 12.8. The summed E-state index contributed by atoms with van der Waals surface area (Å²) >= 11 is 0. The van der Waals surface area contributed by atoms with Gasteiger partial charge in [0.2, 0.25) is 0 Å². The zero-order valence-electron chi connectivity index (χ0n) is 14.3. The smallest absolute Gasteiger partial charge is 0.186 e. The highest BCUT2D eigenvalue weighted by Gasteiger charge is 2.20. The van der Waals surface area contributed by atoms with E-state index < -0.39 is 0 Å². The van der Waals surface area contributed by atoms with Crippen LogP contribution in [0.5, 0.6) is 0 Å². The van der Waals surface area contributed by atoms with Crippen LogP contribution < -0.4 is 4.90 Å². The molecular weight excluding hydrogens is 329 g/mol. The first kappa shape index (κ1) is 15.3. The van der Waals surface area contributed by atoms with Crippen molar-refractivity contribution in [3.05, 3.63) is 54.3 Å². The molecule has 0 amide bonds. The fourth-order valence-electron chi connectivity index (χ4n) is 3.69. The molecule has 4 aromatic rings. The van der Waals surface area contributed by atoms with Gasteiger partial charge in [-0.25, -0.2) is 9.37 Å². The van der Waals surface area contributed by atoms with Gasteiger partial charge in [-0.2, -0.15) is 4.52 Å². The third kappa shape index (κ3) is 2.41. The first-order valence-corrected chi connectivity index (χ1v) is 8.96. The largest absolute Gasteiger partial charge is 0.356 e. The molecule has 0 N–H and O–H groups in total. The van der Waals surface area contributed by atoms with Crippen LogP contribution in [-0.2, 0) is 0 Å². The molecule has 0 radical (unpaired) electrons. The number of hydrogen-bond donors (Lipinski definition) is 0. The van der Waals surface area contributed by atoms with Gasteiger partial charge in [-0.15, -0.1) is 5.10 Å². The molecule has 2 aromatic carbocycles. The molecular formula is C20H18FN5. The van der Waals surface area contributed by atoms with E-state index in [-0.39, 0.29) is 5.82 Å². The molecule has 0 bridgehead atoms. The Morgan fingerprint density at radius 3 is 2.46 bits per heavy atom. The van der Waals surface area contributed by atoms with Crippen molar-refractivity contribution in [3.63, 3.8) is 0 Å². The average Bonchev–Trinajstić information content (AvgIpc) is 3.13. The highest BCUT2D eigenvalue weighted by molar-refractivity contribution is 5.93. The molecule has 0 aliphatic carbocycles. The molecule has 3 heterocycles. The molecule has 26 heavy (non-hydrogen) atoms. The van der Waals surface area contributed by atoms with Gasteiger partial charge in [0.1, 0.15) is 17.3 Å². The molecule has 5 nitrogen and oxygen atoms in total. The summed E-state index contributed by atoms with van der Waals surface area (Å²) in [6.45, 7) is 2.03. The Morgan fingerprint density at radius 1 is 0.885 bits per heavy atom. The molecule has 1 aliphatic heterocycles. The van der Waals surface area contributed by atoms with Gasteiger partial charge < -0.3 is 4.90 Å². The van der Waals surface area contributed by atoms with Crippen LogP contribution in [0.2, 0.25) is 0 Å². The van der Waals surface area contributed by atoms with Crippen LogP contribution >= 0.6 is 0 Å². The van der Waals surface area contributed by atoms with Crippen LogP contribution in [0.15, 0.2) is 48.5 Å². The number of nitrogens with zero attached hydrogens (tertiary/aromatic N) is 5. The summed E-state index contributed by atoms with van der Waals surface area (Å²) in [6, 6.07) is 14.5. The van der Waals surface area contributed by atoms with Crippen molar-refractivity contribution in [2.45, 2.75) is 19.3 Å². The predicted molar refractivity (Wildman–Crippen MR) is 99.7 cm³/mol. The summed E-state index contributed by atoms with van der Waals surface area (Å²) in [5.41, 5.74) is 3.18. The number of benzene rings is 2. The fourth-order valence-corrected chi connectivity index (χ4v) is 3.69. The van der Waals surface area contributed by atoms with E-state index in [9.17, 15) is 4.39 Å². The lowest BCUT2D eigenvalue weighted by Gasteiger charge is -2.28. The Hall–Kier alpha value is -3.02. The van der Waals surface area contributed by atoms with E-state index in [0.717, 1.165) is 35.4 Å². The lowest BCUT2D eigenvalue weighted by atomic mass is 10.1. The molecule has 0 spiro atoms. The Bertz CT molecular complexity index is 1080. The Morgan fingerprint density at radius 2 is 1.65 bits per heavy atom. The number of hydrogen-bond acceptors (Lipinski definition) is 4. The Labute approximate surface area is 150 Å². The average molecular weight is 347 g/mol. The maximum atomic E-state index is 13.3. The van der Waals surface area contributed by atoms with Gasteiger partial charge in [0, 0.05) is 24.0 Å². The zero-order chi connectivity index (χ0) is 17.5. The first-order valence-electron chi connectivity index (χ1n) is 8.96. The van der Waals surface area contributed by atoms with Gasteiger partial charge in [-0.05, 0) is 55.7 Å². The van der Waals surface area contributed by atoms with Gasteiger partial charge in [-0.1, -0.05) is 17.3 Å². The molecule has 1 fully saturated rings. The number of piperidine rings is 1. The summed E-state index contributed by atoms with van der Waals surface area (Å²) in [5.74, 6) is 0.719. The van der Waals surface area contributed by atoms with Gasteiger partial charge in [0.25, 0.3) is 0 Å². The lowest BCUT2D eigenvalue weighted by molar-refractivity contribution is 0.575. The van der Waals surface area contributed by atoms with E-state index in [1.54, 1.807) is 16.6 Å². The zero-order valence-corrected chi connectivity index (χ0v) is 14.3. The van der Waals surface area contributed by atoms with Crippen LogP contribution in [0.25, 0.3) is 27.8 Å². The number of halogens is 1. The van der Waals surface area contributed by atoms with Crippen LogP contribution in [-0.4, -0.2) is 32.9 Å². The monoisotopic (exact) mass is 347 g/mol. The Kier molecular flexibility index (Phi) is 3.55. The second-order valence-electron chi connectivity index (χ2n) is 6.68. The second kappa shape index (κ2) is 6.05.